The number of amides is 1. The van der Waals surface area contributed by atoms with Crippen LogP contribution in [0.15, 0.2) is 11.2 Å². The van der Waals surface area contributed by atoms with Gasteiger partial charge in [-0.1, -0.05) is 25.6 Å². The van der Waals surface area contributed by atoms with Crippen LogP contribution in [-0.2, 0) is 4.79 Å². The maximum atomic E-state index is 11.7. The van der Waals surface area contributed by atoms with Crippen LogP contribution >= 0.6 is 11.8 Å². The van der Waals surface area contributed by atoms with Gasteiger partial charge in [-0.3, -0.25) is 4.79 Å². The lowest BCUT2D eigenvalue weighted by atomic mass is 10.1. The number of nitrogen functional groups attached to an aromatic ring is 1. The zero-order valence-electron chi connectivity index (χ0n) is 11.2. The molecule has 1 unspecified atom stereocenters. The average Bonchev–Trinajstić information content (AvgIpc) is 2.25. The van der Waals surface area contributed by atoms with Gasteiger partial charge in [0.2, 0.25) is 5.91 Å². The Labute approximate surface area is 112 Å². The Hall–Kier alpha value is -1.30. The molecule has 6 heteroatoms. The second-order valence-corrected chi connectivity index (χ2v) is 5.55. The number of carbonyl (C=O) groups is 1. The summed E-state index contributed by atoms with van der Waals surface area (Å²) in [6.07, 6.45) is 0. The van der Waals surface area contributed by atoms with Crippen molar-refractivity contribution in [1.82, 2.24) is 15.3 Å². The minimum Gasteiger partial charge on any atom is -0.384 e. The molecule has 0 aromatic carbocycles. The minimum absolute atomic E-state index is 0.00937. The van der Waals surface area contributed by atoms with E-state index in [0.717, 1.165) is 5.69 Å². The highest BCUT2D eigenvalue weighted by molar-refractivity contribution is 7.99. The average molecular weight is 268 g/mol. The summed E-state index contributed by atoms with van der Waals surface area (Å²) in [4.78, 5) is 20.0. The Morgan fingerprint density at radius 1 is 1.44 bits per heavy atom. The summed E-state index contributed by atoms with van der Waals surface area (Å²) in [5.41, 5.74) is 6.43. The summed E-state index contributed by atoms with van der Waals surface area (Å²) in [5.74, 6) is 1.15. The van der Waals surface area contributed by atoms with Crippen LogP contribution in [-0.4, -0.2) is 27.7 Å². The van der Waals surface area contributed by atoms with Gasteiger partial charge in [-0.05, 0) is 19.8 Å². The summed E-state index contributed by atoms with van der Waals surface area (Å²) in [7, 11) is 0. The molecule has 0 saturated carbocycles. The smallest absolute Gasteiger partial charge is 0.230 e. The van der Waals surface area contributed by atoms with E-state index in [1.165, 1.54) is 11.8 Å². The lowest BCUT2D eigenvalue weighted by Gasteiger charge is -2.17. The van der Waals surface area contributed by atoms with E-state index in [2.05, 4.69) is 29.1 Å². The fourth-order valence-electron chi connectivity index (χ4n) is 1.22. The predicted molar refractivity (Wildman–Crippen MR) is 74.3 cm³/mol. The fraction of sp³-hybridized carbons (Fsp3) is 0.583. The number of thioether (sulfide) groups is 1. The third kappa shape index (κ3) is 4.91. The zero-order valence-corrected chi connectivity index (χ0v) is 12.0. The summed E-state index contributed by atoms with van der Waals surface area (Å²) in [6, 6.07) is 1.87. The molecule has 0 bridgehead atoms. The second kappa shape index (κ2) is 6.58. The fourth-order valence-corrected chi connectivity index (χ4v) is 1.94. The summed E-state index contributed by atoms with van der Waals surface area (Å²) in [6.45, 7) is 7.99. The lowest BCUT2D eigenvalue weighted by molar-refractivity contribution is -0.119. The Morgan fingerprint density at radius 2 is 2.11 bits per heavy atom. The normalized spacial score (nSPS) is 12.5. The van der Waals surface area contributed by atoms with Crippen molar-refractivity contribution in [3.63, 3.8) is 0 Å². The molecule has 1 aromatic heterocycles. The third-order valence-corrected chi connectivity index (χ3v) is 3.42. The molecule has 0 aliphatic rings. The van der Waals surface area contributed by atoms with E-state index >= 15 is 0 Å². The van der Waals surface area contributed by atoms with Gasteiger partial charge in [0.05, 0.1) is 5.75 Å². The van der Waals surface area contributed by atoms with E-state index < -0.39 is 0 Å². The van der Waals surface area contributed by atoms with Crippen LogP contribution in [0.3, 0.4) is 0 Å². The van der Waals surface area contributed by atoms with Crippen LogP contribution in [0.25, 0.3) is 0 Å². The van der Waals surface area contributed by atoms with Crippen LogP contribution < -0.4 is 11.1 Å². The molecule has 0 radical (unpaired) electrons. The van der Waals surface area contributed by atoms with Crippen molar-refractivity contribution < 1.29 is 4.79 Å². The van der Waals surface area contributed by atoms with Gasteiger partial charge >= 0.3 is 0 Å². The van der Waals surface area contributed by atoms with Crippen molar-refractivity contribution in [3.05, 3.63) is 11.8 Å². The van der Waals surface area contributed by atoms with Crippen LogP contribution in [0.2, 0.25) is 0 Å². The molecule has 0 aliphatic carbocycles. The highest BCUT2D eigenvalue weighted by atomic mass is 32.2. The third-order valence-electron chi connectivity index (χ3n) is 2.57. The number of nitrogens with two attached hydrogens (primary N) is 1. The van der Waals surface area contributed by atoms with Gasteiger partial charge in [-0.15, -0.1) is 0 Å². The highest BCUT2D eigenvalue weighted by Gasteiger charge is 2.11. The molecular formula is C12H20N4OS. The quantitative estimate of drug-likeness (QED) is 0.626. The monoisotopic (exact) mass is 268 g/mol. The van der Waals surface area contributed by atoms with Crippen molar-refractivity contribution in [2.24, 2.45) is 5.92 Å². The molecule has 5 nitrogen and oxygen atoms in total. The molecule has 18 heavy (non-hydrogen) atoms. The first-order valence-electron chi connectivity index (χ1n) is 5.91. The van der Waals surface area contributed by atoms with Crippen LogP contribution in [0.4, 0.5) is 5.82 Å². The Morgan fingerprint density at radius 3 is 2.67 bits per heavy atom. The first kappa shape index (κ1) is 14.8. The van der Waals surface area contributed by atoms with E-state index in [0.29, 0.717) is 22.6 Å². The number of anilines is 1. The van der Waals surface area contributed by atoms with Crippen LogP contribution in [0, 0.1) is 12.8 Å². The molecule has 0 fully saturated rings. The van der Waals surface area contributed by atoms with E-state index in [4.69, 9.17) is 5.73 Å². The maximum absolute atomic E-state index is 11.7. The van der Waals surface area contributed by atoms with Crippen molar-refractivity contribution in [2.75, 3.05) is 11.5 Å². The first-order valence-corrected chi connectivity index (χ1v) is 6.90. The SMILES string of the molecule is Cc1cc(N)nc(SCC(=O)NC(C)C(C)C)n1. The Kier molecular flexibility index (Phi) is 5.40. The highest BCUT2D eigenvalue weighted by Crippen LogP contribution is 2.14. The minimum atomic E-state index is -0.00937. The topological polar surface area (TPSA) is 80.9 Å². The summed E-state index contributed by atoms with van der Waals surface area (Å²) < 4.78 is 0. The predicted octanol–water partition coefficient (Wildman–Crippen LogP) is 1.62. The van der Waals surface area contributed by atoms with Gasteiger partial charge in [-0.2, -0.15) is 0 Å². The standard InChI is InChI=1S/C12H20N4OS/c1-7(2)9(4)15-11(17)6-18-12-14-8(3)5-10(13)16-12/h5,7,9H,6H2,1-4H3,(H,15,17)(H2,13,14,16). The number of aromatic nitrogens is 2. The van der Waals surface area contributed by atoms with Crippen LogP contribution in [0.5, 0.6) is 0 Å². The summed E-state index contributed by atoms with van der Waals surface area (Å²) in [5, 5.41) is 3.47. The van der Waals surface area contributed by atoms with Gasteiger partial charge in [-0.25, -0.2) is 9.97 Å². The second-order valence-electron chi connectivity index (χ2n) is 4.61. The first-order chi connectivity index (χ1) is 8.38. The molecule has 1 atom stereocenters. The van der Waals surface area contributed by atoms with Crippen molar-refractivity contribution in [2.45, 2.75) is 38.9 Å². The largest absolute Gasteiger partial charge is 0.384 e. The van der Waals surface area contributed by atoms with Gasteiger partial charge in [0.15, 0.2) is 5.16 Å². The lowest BCUT2D eigenvalue weighted by Crippen LogP contribution is -2.37. The molecule has 1 rings (SSSR count). The number of rotatable bonds is 5. The molecule has 0 spiro atoms. The number of carbonyl (C=O) groups excluding carboxylic acids is 1. The number of nitrogens with zero attached hydrogens (tertiary/aromatic N) is 2. The van der Waals surface area contributed by atoms with E-state index in [1.807, 2.05) is 13.8 Å². The molecule has 0 saturated heterocycles. The summed E-state index contributed by atoms with van der Waals surface area (Å²) >= 11 is 1.30. The zero-order chi connectivity index (χ0) is 13.7. The van der Waals surface area contributed by atoms with Gasteiger partial charge < -0.3 is 11.1 Å². The van der Waals surface area contributed by atoms with Gasteiger partial charge in [0, 0.05) is 17.8 Å². The molecule has 1 heterocycles. The molecule has 0 aliphatic heterocycles. The molecule has 1 aromatic rings. The van der Waals surface area contributed by atoms with E-state index in [9.17, 15) is 4.79 Å². The molecule has 3 N–H and O–H groups in total. The number of hydrogen-bond donors (Lipinski definition) is 2. The van der Waals surface area contributed by atoms with Gasteiger partial charge in [0.25, 0.3) is 0 Å². The number of nitrogens with one attached hydrogen (secondary N) is 1. The molecular weight excluding hydrogens is 248 g/mol. The Balaban J connectivity index is 2.47. The number of aryl methyl sites for hydroxylation is 1. The van der Waals surface area contributed by atoms with Crippen LogP contribution in [0.1, 0.15) is 26.5 Å². The van der Waals surface area contributed by atoms with Crippen molar-refractivity contribution >= 4 is 23.5 Å². The molecule has 100 valence electrons. The van der Waals surface area contributed by atoms with Gasteiger partial charge in [0.1, 0.15) is 5.82 Å². The van der Waals surface area contributed by atoms with Crippen molar-refractivity contribution in [3.8, 4) is 0 Å². The number of hydrogen-bond acceptors (Lipinski definition) is 5. The van der Waals surface area contributed by atoms with Crippen molar-refractivity contribution in [1.29, 1.82) is 0 Å². The van der Waals surface area contributed by atoms with E-state index in [-0.39, 0.29) is 11.9 Å². The molecule has 1 amide bonds. The van der Waals surface area contributed by atoms with E-state index in [1.54, 1.807) is 6.07 Å². The Bertz CT molecular complexity index is 402. The maximum Gasteiger partial charge on any atom is 0.230 e.